The van der Waals surface area contributed by atoms with E-state index >= 15 is 0 Å². The lowest BCUT2D eigenvalue weighted by molar-refractivity contribution is -0.132. The zero-order chi connectivity index (χ0) is 12.5. The molecule has 0 radical (unpaired) electrons. The Balaban J connectivity index is 2.15. The smallest absolute Gasteiger partial charge is 0.144 e. The average Bonchev–Trinajstić information content (AvgIpc) is 2.23. The van der Waals surface area contributed by atoms with Gasteiger partial charge in [-0.1, -0.05) is 18.0 Å². The van der Waals surface area contributed by atoms with E-state index in [0.717, 1.165) is 19.3 Å². The van der Waals surface area contributed by atoms with E-state index < -0.39 is 5.41 Å². The summed E-state index contributed by atoms with van der Waals surface area (Å²) < 4.78 is 13.5. The van der Waals surface area contributed by atoms with Crippen LogP contribution in [0.15, 0.2) is 18.2 Å². The molecule has 0 bridgehead atoms. The Hall–Kier alpha value is -0.930. The molecular formula is C13H15ClFNO. The molecule has 0 aromatic heterocycles. The number of hydrogen-bond acceptors (Lipinski definition) is 2. The van der Waals surface area contributed by atoms with Gasteiger partial charge in [0, 0.05) is 23.4 Å². The van der Waals surface area contributed by atoms with Gasteiger partial charge in [0.1, 0.15) is 11.6 Å². The van der Waals surface area contributed by atoms with E-state index in [9.17, 15) is 9.18 Å². The van der Waals surface area contributed by atoms with Crippen molar-refractivity contribution in [1.29, 1.82) is 0 Å². The van der Waals surface area contributed by atoms with E-state index in [1.165, 1.54) is 18.2 Å². The molecule has 0 heterocycles. The highest BCUT2D eigenvalue weighted by molar-refractivity contribution is 6.30. The van der Waals surface area contributed by atoms with Crippen molar-refractivity contribution >= 4 is 17.4 Å². The van der Waals surface area contributed by atoms with E-state index in [4.69, 9.17) is 17.3 Å². The molecule has 1 fully saturated rings. The third-order valence-corrected chi connectivity index (χ3v) is 3.89. The molecule has 2 nitrogen and oxygen atoms in total. The largest absolute Gasteiger partial charge is 0.329 e. The van der Waals surface area contributed by atoms with Crippen LogP contribution in [-0.2, 0) is 11.2 Å². The van der Waals surface area contributed by atoms with Crippen molar-refractivity contribution in [2.75, 3.05) is 6.54 Å². The standard InChI is InChI=1S/C13H15ClFNO/c14-10-2-3-11(15)9(6-10)7-12(17)13(8-16)4-1-5-13/h2-3,6H,1,4-5,7-8,16H2. The van der Waals surface area contributed by atoms with Gasteiger partial charge < -0.3 is 5.73 Å². The molecule has 4 heteroatoms. The van der Waals surface area contributed by atoms with Gasteiger partial charge in [0.15, 0.2) is 0 Å². The van der Waals surface area contributed by atoms with Crippen LogP contribution in [0.3, 0.4) is 0 Å². The second-order valence-electron chi connectivity index (χ2n) is 4.67. The first-order valence-electron chi connectivity index (χ1n) is 5.75. The first kappa shape index (κ1) is 12.5. The molecule has 0 aliphatic heterocycles. The highest BCUT2D eigenvalue weighted by Gasteiger charge is 2.42. The second-order valence-corrected chi connectivity index (χ2v) is 5.11. The maximum absolute atomic E-state index is 13.5. The number of halogens is 2. The first-order chi connectivity index (χ1) is 8.07. The zero-order valence-corrected chi connectivity index (χ0v) is 10.3. The van der Waals surface area contributed by atoms with Crippen LogP contribution in [0.4, 0.5) is 4.39 Å². The molecule has 2 rings (SSSR count). The molecule has 1 aliphatic rings. The summed E-state index contributed by atoms with van der Waals surface area (Å²) in [5.74, 6) is -0.346. The van der Waals surface area contributed by atoms with Gasteiger partial charge in [0.2, 0.25) is 0 Å². The van der Waals surface area contributed by atoms with Crippen molar-refractivity contribution in [1.82, 2.24) is 0 Å². The fraction of sp³-hybridized carbons (Fsp3) is 0.462. The van der Waals surface area contributed by atoms with Gasteiger partial charge >= 0.3 is 0 Å². The Morgan fingerprint density at radius 3 is 2.71 bits per heavy atom. The highest BCUT2D eigenvalue weighted by atomic mass is 35.5. The van der Waals surface area contributed by atoms with Crippen LogP contribution in [0.1, 0.15) is 24.8 Å². The Morgan fingerprint density at radius 1 is 1.47 bits per heavy atom. The van der Waals surface area contributed by atoms with Crippen molar-refractivity contribution < 1.29 is 9.18 Å². The van der Waals surface area contributed by atoms with Crippen LogP contribution in [0.5, 0.6) is 0 Å². The van der Waals surface area contributed by atoms with Gasteiger partial charge in [0.05, 0.1) is 0 Å². The average molecular weight is 256 g/mol. The molecule has 1 aromatic carbocycles. The Bertz CT molecular complexity index is 438. The Labute approximate surface area is 105 Å². The van der Waals surface area contributed by atoms with Gasteiger partial charge in [-0.2, -0.15) is 0 Å². The molecule has 0 atom stereocenters. The molecule has 0 saturated heterocycles. The summed E-state index contributed by atoms with van der Waals surface area (Å²) in [5.41, 5.74) is 5.61. The quantitative estimate of drug-likeness (QED) is 0.899. The lowest BCUT2D eigenvalue weighted by Crippen LogP contribution is -2.45. The number of ketones is 1. The third kappa shape index (κ3) is 2.35. The second kappa shape index (κ2) is 4.75. The summed E-state index contributed by atoms with van der Waals surface area (Å²) in [6, 6.07) is 4.28. The van der Waals surface area contributed by atoms with Crippen molar-refractivity contribution in [2.45, 2.75) is 25.7 Å². The van der Waals surface area contributed by atoms with Gasteiger partial charge in [-0.05, 0) is 36.6 Å². The molecule has 0 unspecified atom stereocenters. The van der Waals surface area contributed by atoms with Crippen LogP contribution in [0.25, 0.3) is 0 Å². The molecule has 92 valence electrons. The number of rotatable bonds is 4. The molecular weight excluding hydrogens is 241 g/mol. The molecule has 0 amide bonds. The van der Waals surface area contributed by atoms with E-state index in [0.29, 0.717) is 17.1 Å². The predicted octanol–water partition coefficient (Wildman–Crippen LogP) is 2.72. The summed E-state index contributed by atoms with van der Waals surface area (Å²) in [7, 11) is 0. The predicted molar refractivity (Wildman–Crippen MR) is 65.5 cm³/mol. The van der Waals surface area contributed by atoms with Crippen LogP contribution < -0.4 is 5.73 Å². The molecule has 1 saturated carbocycles. The molecule has 0 spiro atoms. The van der Waals surface area contributed by atoms with Crippen molar-refractivity contribution in [3.63, 3.8) is 0 Å². The molecule has 17 heavy (non-hydrogen) atoms. The van der Waals surface area contributed by atoms with Crippen LogP contribution in [-0.4, -0.2) is 12.3 Å². The Morgan fingerprint density at radius 2 is 2.18 bits per heavy atom. The number of carbonyl (C=O) groups excluding carboxylic acids is 1. The molecule has 1 aromatic rings. The molecule has 2 N–H and O–H groups in total. The number of hydrogen-bond donors (Lipinski definition) is 1. The number of nitrogens with two attached hydrogens (primary N) is 1. The molecule has 1 aliphatic carbocycles. The van der Waals surface area contributed by atoms with Crippen LogP contribution in [0.2, 0.25) is 5.02 Å². The fourth-order valence-corrected chi connectivity index (χ4v) is 2.43. The van der Waals surface area contributed by atoms with E-state index in [2.05, 4.69) is 0 Å². The third-order valence-electron chi connectivity index (χ3n) is 3.65. The summed E-state index contributed by atoms with van der Waals surface area (Å²) in [5, 5.41) is 0.449. The Kier molecular flexibility index (Phi) is 3.50. The van der Waals surface area contributed by atoms with Crippen molar-refractivity contribution in [3.8, 4) is 0 Å². The van der Waals surface area contributed by atoms with Gasteiger partial charge in [-0.3, -0.25) is 4.79 Å². The minimum atomic E-state index is -0.408. The van der Waals surface area contributed by atoms with Crippen LogP contribution in [0, 0.1) is 11.2 Å². The zero-order valence-electron chi connectivity index (χ0n) is 9.51. The first-order valence-corrected chi connectivity index (χ1v) is 6.12. The topological polar surface area (TPSA) is 43.1 Å². The van der Waals surface area contributed by atoms with E-state index in [-0.39, 0.29) is 18.0 Å². The van der Waals surface area contributed by atoms with Crippen LogP contribution >= 0.6 is 11.6 Å². The summed E-state index contributed by atoms with van der Waals surface area (Å²) in [6.07, 6.45) is 2.76. The van der Waals surface area contributed by atoms with E-state index in [1.807, 2.05) is 0 Å². The van der Waals surface area contributed by atoms with Crippen molar-refractivity contribution in [3.05, 3.63) is 34.6 Å². The van der Waals surface area contributed by atoms with Gasteiger partial charge in [0.25, 0.3) is 0 Å². The number of benzene rings is 1. The van der Waals surface area contributed by atoms with Gasteiger partial charge in [-0.15, -0.1) is 0 Å². The SMILES string of the molecule is NCC1(C(=O)Cc2cc(Cl)ccc2F)CCC1. The maximum atomic E-state index is 13.5. The number of Topliss-reactive ketones (excluding diaryl/α,β-unsaturated/α-hetero) is 1. The lowest BCUT2D eigenvalue weighted by Gasteiger charge is -2.39. The summed E-state index contributed by atoms with van der Waals surface area (Å²) >= 11 is 5.79. The number of carbonyl (C=O) groups is 1. The van der Waals surface area contributed by atoms with Gasteiger partial charge in [-0.25, -0.2) is 4.39 Å². The van der Waals surface area contributed by atoms with E-state index in [1.54, 1.807) is 0 Å². The normalized spacial score (nSPS) is 17.6. The highest BCUT2D eigenvalue weighted by Crippen LogP contribution is 2.41. The minimum Gasteiger partial charge on any atom is -0.329 e. The lowest BCUT2D eigenvalue weighted by atomic mass is 9.65. The summed E-state index contributed by atoms with van der Waals surface area (Å²) in [6.45, 7) is 0.355. The fourth-order valence-electron chi connectivity index (χ4n) is 2.24. The minimum absolute atomic E-state index is 0.0346. The monoisotopic (exact) mass is 255 g/mol. The maximum Gasteiger partial charge on any atom is 0.144 e. The summed E-state index contributed by atoms with van der Waals surface area (Å²) in [4.78, 5) is 12.1. The van der Waals surface area contributed by atoms with Crippen molar-refractivity contribution in [2.24, 2.45) is 11.1 Å².